The number of hydrogen-bond donors (Lipinski definition) is 2. The standard InChI is InChI=1S/C24H22N2O3/c1-26-16-20(12-13-23(26)27)25-24(28)19-11-10-18(14-19)17-6-5-9-22(15-17)29-21-7-3-2-4-8-21/h2-10,12-16,23,27H,11H2,1H3,(H,25,28). The number of amides is 1. The number of allylic oxidation sites excluding steroid dienone is 4. The van der Waals surface area contributed by atoms with Crippen LogP contribution >= 0.6 is 0 Å². The second-order valence-electron chi connectivity index (χ2n) is 6.95. The van der Waals surface area contributed by atoms with Crippen LogP contribution < -0.4 is 10.1 Å². The molecule has 5 heteroatoms. The molecular formula is C24H22N2O3. The number of aliphatic hydroxyl groups is 1. The van der Waals surface area contributed by atoms with E-state index in [1.165, 1.54) is 0 Å². The summed E-state index contributed by atoms with van der Waals surface area (Å²) in [5.74, 6) is 1.39. The van der Waals surface area contributed by atoms with Gasteiger partial charge in [0.1, 0.15) is 17.7 Å². The van der Waals surface area contributed by atoms with Crippen LogP contribution in [0.1, 0.15) is 12.0 Å². The van der Waals surface area contributed by atoms with E-state index >= 15 is 0 Å². The van der Waals surface area contributed by atoms with Crippen LogP contribution in [0.25, 0.3) is 5.57 Å². The molecule has 0 spiro atoms. The number of carbonyl (C=O) groups excluding carboxylic acids is 1. The molecule has 0 fully saturated rings. The Morgan fingerprint density at radius 1 is 1.14 bits per heavy atom. The van der Waals surface area contributed by atoms with Gasteiger partial charge in [-0.2, -0.15) is 0 Å². The second-order valence-corrected chi connectivity index (χ2v) is 6.95. The summed E-state index contributed by atoms with van der Waals surface area (Å²) in [6.07, 6.45) is 8.88. The minimum atomic E-state index is -0.667. The van der Waals surface area contributed by atoms with E-state index < -0.39 is 6.23 Å². The molecule has 1 aliphatic heterocycles. The molecule has 29 heavy (non-hydrogen) atoms. The Morgan fingerprint density at radius 3 is 2.72 bits per heavy atom. The van der Waals surface area contributed by atoms with Crippen LogP contribution in [-0.4, -0.2) is 29.2 Å². The first-order valence-electron chi connectivity index (χ1n) is 9.44. The number of nitrogens with one attached hydrogen (secondary N) is 1. The van der Waals surface area contributed by atoms with Gasteiger partial charge in [-0.1, -0.05) is 36.4 Å². The van der Waals surface area contributed by atoms with Crippen molar-refractivity contribution in [2.24, 2.45) is 0 Å². The van der Waals surface area contributed by atoms with E-state index in [2.05, 4.69) is 5.32 Å². The van der Waals surface area contributed by atoms with Gasteiger partial charge in [0.15, 0.2) is 0 Å². The van der Waals surface area contributed by atoms with Gasteiger partial charge >= 0.3 is 0 Å². The van der Waals surface area contributed by atoms with Crippen LogP contribution in [0.15, 0.2) is 96.4 Å². The highest BCUT2D eigenvalue weighted by Crippen LogP contribution is 2.30. The SMILES string of the molecule is CN1C=C(NC(=O)C2=CC(c3cccc(Oc4ccccc4)c3)=CC2)C=CC1O. The van der Waals surface area contributed by atoms with Gasteiger partial charge in [-0.05, 0) is 60.1 Å². The number of carbonyl (C=O) groups is 1. The van der Waals surface area contributed by atoms with Crippen LogP contribution in [0.2, 0.25) is 0 Å². The van der Waals surface area contributed by atoms with E-state index in [0.29, 0.717) is 17.7 Å². The molecule has 2 aliphatic rings. The fourth-order valence-corrected chi connectivity index (χ4v) is 3.20. The van der Waals surface area contributed by atoms with Crippen LogP contribution in [0, 0.1) is 0 Å². The van der Waals surface area contributed by atoms with Crippen molar-refractivity contribution in [3.05, 3.63) is 102 Å². The first-order chi connectivity index (χ1) is 14.1. The van der Waals surface area contributed by atoms with Gasteiger partial charge in [-0.3, -0.25) is 4.79 Å². The minimum absolute atomic E-state index is 0.145. The summed E-state index contributed by atoms with van der Waals surface area (Å²) in [7, 11) is 1.75. The summed E-state index contributed by atoms with van der Waals surface area (Å²) in [5.41, 5.74) is 3.34. The summed E-state index contributed by atoms with van der Waals surface area (Å²) >= 11 is 0. The number of hydrogen-bond acceptors (Lipinski definition) is 4. The first-order valence-corrected chi connectivity index (χ1v) is 9.44. The molecule has 1 aliphatic carbocycles. The van der Waals surface area contributed by atoms with Gasteiger partial charge in [-0.25, -0.2) is 0 Å². The smallest absolute Gasteiger partial charge is 0.251 e. The van der Waals surface area contributed by atoms with Crippen LogP contribution in [0.5, 0.6) is 11.5 Å². The molecule has 1 amide bonds. The summed E-state index contributed by atoms with van der Waals surface area (Å²) in [6.45, 7) is 0. The van der Waals surface area contributed by atoms with Gasteiger partial charge in [0, 0.05) is 18.8 Å². The van der Waals surface area contributed by atoms with E-state index in [1.807, 2.05) is 66.7 Å². The quantitative estimate of drug-likeness (QED) is 0.816. The average Bonchev–Trinajstić information content (AvgIpc) is 3.22. The lowest BCUT2D eigenvalue weighted by Crippen LogP contribution is -2.32. The molecule has 2 aromatic carbocycles. The minimum Gasteiger partial charge on any atom is -0.457 e. The average molecular weight is 386 g/mol. The molecule has 5 nitrogen and oxygen atoms in total. The predicted octanol–water partition coefficient (Wildman–Crippen LogP) is 3.97. The van der Waals surface area contributed by atoms with E-state index in [4.69, 9.17) is 4.74 Å². The fourth-order valence-electron chi connectivity index (χ4n) is 3.20. The topological polar surface area (TPSA) is 61.8 Å². The lowest BCUT2D eigenvalue weighted by atomic mass is 10.1. The van der Waals surface area contributed by atoms with Crippen LogP contribution in [0.4, 0.5) is 0 Å². The van der Waals surface area contributed by atoms with E-state index in [9.17, 15) is 9.90 Å². The second kappa shape index (κ2) is 8.20. The Morgan fingerprint density at radius 2 is 1.93 bits per heavy atom. The Bertz CT molecular complexity index is 1040. The van der Waals surface area contributed by atoms with Crippen LogP contribution in [0.3, 0.4) is 0 Å². The zero-order valence-corrected chi connectivity index (χ0v) is 16.1. The number of ether oxygens (including phenoxy) is 1. The van der Waals surface area contributed by atoms with Crippen molar-refractivity contribution < 1.29 is 14.6 Å². The Hall–Kier alpha value is -3.57. The molecule has 1 heterocycles. The molecular weight excluding hydrogens is 364 g/mol. The molecule has 0 radical (unpaired) electrons. The summed E-state index contributed by atoms with van der Waals surface area (Å²) in [6, 6.07) is 17.5. The molecule has 1 unspecified atom stereocenters. The third-order valence-corrected chi connectivity index (χ3v) is 4.78. The molecule has 0 saturated heterocycles. The highest BCUT2D eigenvalue weighted by Gasteiger charge is 2.18. The maximum atomic E-state index is 12.6. The Kier molecular flexibility index (Phi) is 5.31. The zero-order chi connectivity index (χ0) is 20.2. The number of benzene rings is 2. The molecule has 4 rings (SSSR count). The van der Waals surface area contributed by atoms with Crippen molar-refractivity contribution in [3.63, 3.8) is 0 Å². The number of nitrogens with zero attached hydrogens (tertiary/aromatic N) is 1. The highest BCUT2D eigenvalue weighted by molar-refractivity contribution is 6.00. The van der Waals surface area contributed by atoms with E-state index in [0.717, 1.165) is 22.6 Å². The third kappa shape index (κ3) is 4.47. The van der Waals surface area contributed by atoms with Crippen molar-refractivity contribution >= 4 is 11.5 Å². The molecule has 1 atom stereocenters. The Balaban J connectivity index is 1.44. The lowest BCUT2D eigenvalue weighted by molar-refractivity contribution is -0.116. The van der Waals surface area contributed by atoms with Gasteiger partial charge < -0.3 is 20.1 Å². The van der Waals surface area contributed by atoms with Crippen molar-refractivity contribution in [2.75, 3.05) is 7.05 Å². The number of likely N-dealkylation sites (N-methyl/N-ethyl adjacent to an activating group) is 1. The summed E-state index contributed by atoms with van der Waals surface area (Å²) in [5, 5.41) is 12.6. The third-order valence-electron chi connectivity index (χ3n) is 4.78. The molecule has 2 N–H and O–H groups in total. The molecule has 2 aromatic rings. The number of aliphatic hydroxyl groups excluding tert-OH is 1. The van der Waals surface area contributed by atoms with Gasteiger partial charge in [0.05, 0.1) is 5.70 Å². The van der Waals surface area contributed by atoms with Crippen molar-refractivity contribution in [1.82, 2.24) is 10.2 Å². The first kappa shape index (κ1) is 18.8. The predicted molar refractivity (Wildman–Crippen MR) is 113 cm³/mol. The Labute approximate surface area is 169 Å². The maximum absolute atomic E-state index is 12.6. The molecule has 0 bridgehead atoms. The zero-order valence-electron chi connectivity index (χ0n) is 16.1. The fraction of sp³-hybridized carbons (Fsp3) is 0.125. The summed E-state index contributed by atoms with van der Waals surface area (Å²) < 4.78 is 5.90. The van der Waals surface area contributed by atoms with Crippen LogP contribution in [-0.2, 0) is 4.79 Å². The highest BCUT2D eigenvalue weighted by atomic mass is 16.5. The normalized spacial score (nSPS) is 18.1. The largest absolute Gasteiger partial charge is 0.457 e. The van der Waals surface area contributed by atoms with E-state index in [1.54, 1.807) is 30.3 Å². The van der Waals surface area contributed by atoms with Gasteiger partial charge in [0.25, 0.3) is 5.91 Å². The monoisotopic (exact) mass is 386 g/mol. The van der Waals surface area contributed by atoms with Crippen molar-refractivity contribution in [1.29, 1.82) is 0 Å². The van der Waals surface area contributed by atoms with Gasteiger partial charge in [0.2, 0.25) is 0 Å². The van der Waals surface area contributed by atoms with Gasteiger partial charge in [-0.15, -0.1) is 0 Å². The lowest BCUT2D eigenvalue weighted by Gasteiger charge is -2.23. The van der Waals surface area contributed by atoms with Crippen molar-refractivity contribution in [3.8, 4) is 11.5 Å². The maximum Gasteiger partial charge on any atom is 0.251 e. The van der Waals surface area contributed by atoms with Crippen molar-refractivity contribution in [2.45, 2.75) is 12.6 Å². The van der Waals surface area contributed by atoms with E-state index in [-0.39, 0.29) is 5.91 Å². The molecule has 0 aromatic heterocycles. The number of rotatable bonds is 5. The molecule has 146 valence electrons. The molecule has 0 saturated carbocycles. The number of para-hydroxylation sites is 1. The summed E-state index contributed by atoms with van der Waals surface area (Å²) in [4.78, 5) is 14.2.